The van der Waals surface area contributed by atoms with Gasteiger partial charge in [-0.25, -0.2) is 0 Å². The number of aliphatic hydroxyl groups is 1. The highest BCUT2D eigenvalue weighted by Crippen LogP contribution is 2.58. The molecule has 3 nitrogen and oxygen atoms in total. The van der Waals surface area contributed by atoms with E-state index in [1.807, 2.05) is 13.8 Å². The van der Waals surface area contributed by atoms with Gasteiger partial charge in [0.2, 0.25) is 0 Å². The molecule has 0 saturated heterocycles. The summed E-state index contributed by atoms with van der Waals surface area (Å²) in [6.45, 7) is 3.94. The maximum absolute atomic E-state index is 12.1. The summed E-state index contributed by atoms with van der Waals surface area (Å²) < 4.78 is 5.87. The summed E-state index contributed by atoms with van der Waals surface area (Å²) >= 11 is 0. The van der Waals surface area contributed by atoms with Gasteiger partial charge in [-0.3, -0.25) is 4.79 Å². The molecule has 4 saturated carbocycles. The van der Waals surface area contributed by atoms with Crippen LogP contribution in [0, 0.1) is 17.8 Å². The van der Waals surface area contributed by atoms with E-state index in [4.69, 9.17) is 4.74 Å². The Morgan fingerprint density at radius 3 is 2.44 bits per heavy atom. The molecule has 0 aromatic carbocycles. The van der Waals surface area contributed by atoms with Crippen LogP contribution in [0.3, 0.4) is 0 Å². The van der Waals surface area contributed by atoms with E-state index in [1.54, 1.807) is 0 Å². The van der Waals surface area contributed by atoms with E-state index in [0.29, 0.717) is 18.3 Å². The van der Waals surface area contributed by atoms with Crippen molar-refractivity contribution in [3.05, 3.63) is 0 Å². The third kappa shape index (κ3) is 1.97. The van der Waals surface area contributed by atoms with Crippen LogP contribution in [0.5, 0.6) is 0 Å². The van der Waals surface area contributed by atoms with E-state index in [-0.39, 0.29) is 17.5 Å². The molecule has 18 heavy (non-hydrogen) atoms. The van der Waals surface area contributed by atoms with Crippen molar-refractivity contribution in [3.63, 3.8) is 0 Å². The van der Waals surface area contributed by atoms with Gasteiger partial charge in [-0.15, -0.1) is 0 Å². The summed E-state index contributed by atoms with van der Waals surface area (Å²) in [4.78, 5) is 12.1. The maximum Gasteiger partial charge on any atom is 0.309 e. The molecular weight excluding hydrogens is 228 g/mol. The predicted molar refractivity (Wildman–Crippen MR) is 67.9 cm³/mol. The van der Waals surface area contributed by atoms with Gasteiger partial charge in [0, 0.05) is 6.42 Å². The molecule has 102 valence electrons. The first-order valence-corrected chi connectivity index (χ1v) is 7.39. The van der Waals surface area contributed by atoms with Gasteiger partial charge in [0.05, 0.1) is 11.5 Å². The lowest BCUT2D eigenvalue weighted by atomic mass is 9.52. The Morgan fingerprint density at radius 2 is 1.94 bits per heavy atom. The topological polar surface area (TPSA) is 46.5 Å². The SMILES string of the molecule is CCC(C)C(=O)OC12CC3CC(CC(O)(C3)C1)C2. The van der Waals surface area contributed by atoms with Crippen molar-refractivity contribution in [2.45, 2.75) is 70.0 Å². The molecule has 3 heteroatoms. The molecule has 3 atom stereocenters. The largest absolute Gasteiger partial charge is 0.459 e. The molecule has 4 aliphatic carbocycles. The summed E-state index contributed by atoms with van der Waals surface area (Å²) in [7, 11) is 0. The van der Waals surface area contributed by atoms with Crippen molar-refractivity contribution >= 4 is 5.97 Å². The van der Waals surface area contributed by atoms with Gasteiger partial charge < -0.3 is 9.84 Å². The first-order valence-electron chi connectivity index (χ1n) is 7.39. The van der Waals surface area contributed by atoms with Crippen LogP contribution >= 0.6 is 0 Å². The van der Waals surface area contributed by atoms with Crippen LogP contribution in [-0.4, -0.2) is 22.3 Å². The van der Waals surface area contributed by atoms with E-state index in [0.717, 1.165) is 32.1 Å². The lowest BCUT2D eigenvalue weighted by Gasteiger charge is -2.59. The average Bonchev–Trinajstić information content (AvgIpc) is 2.23. The van der Waals surface area contributed by atoms with Crippen LogP contribution in [0.25, 0.3) is 0 Å². The molecule has 0 aromatic rings. The first kappa shape index (κ1) is 12.5. The smallest absolute Gasteiger partial charge is 0.309 e. The molecule has 4 fully saturated rings. The molecule has 0 radical (unpaired) electrons. The van der Waals surface area contributed by atoms with E-state index >= 15 is 0 Å². The van der Waals surface area contributed by atoms with Gasteiger partial charge >= 0.3 is 5.97 Å². The monoisotopic (exact) mass is 252 g/mol. The zero-order valence-electron chi connectivity index (χ0n) is 11.4. The lowest BCUT2D eigenvalue weighted by Crippen LogP contribution is -2.60. The average molecular weight is 252 g/mol. The molecule has 0 aromatic heterocycles. The summed E-state index contributed by atoms with van der Waals surface area (Å²) in [6.07, 6.45) is 6.53. The third-order valence-corrected chi connectivity index (χ3v) is 5.31. The van der Waals surface area contributed by atoms with Crippen LogP contribution in [-0.2, 0) is 9.53 Å². The lowest BCUT2D eigenvalue weighted by molar-refractivity contribution is -0.222. The van der Waals surface area contributed by atoms with Gasteiger partial charge in [-0.2, -0.15) is 0 Å². The maximum atomic E-state index is 12.1. The summed E-state index contributed by atoms with van der Waals surface area (Å²) in [5, 5.41) is 10.6. The zero-order valence-corrected chi connectivity index (χ0v) is 11.4. The van der Waals surface area contributed by atoms with Crippen molar-refractivity contribution in [1.29, 1.82) is 0 Å². The van der Waals surface area contributed by atoms with Crippen LogP contribution < -0.4 is 0 Å². The van der Waals surface area contributed by atoms with Gasteiger partial charge in [-0.1, -0.05) is 13.8 Å². The molecule has 0 aliphatic heterocycles. The first-order chi connectivity index (χ1) is 8.44. The Hall–Kier alpha value is -0.570. The van der Waals surface area contributed by atoms with E-state index in [9.17, 15) is 9.90 Å². The number of carbonyl (C=O) groups excluding carboxylic acids is 1. The standard InChI is InChI=1S/C15H24O3/c1-3-10(2)13(16)18-15-7-11-4-12(8-15)6-14(17,5-11)9-15/h10-12,17H,3-9H2,1-2H3. The summed E-state index contributed by atoms with van der Waals surface area (Å²) in [6, 6.07) is 0. The normalized spacial score (nSPS) is 47.1. The van der Waals surface area contributed by atoms with Crippen LogP contribution in [0.4, 0.5) is 0 Å². The number of carbonyl (C=O) groups is 1. The highest BCUT2D eigenvalue weighted by molar-refractivity contribution is 5.72. The van der Waals surface area contributed by atoms with Gasteiger partial charge in [0.1, 0.15) is 5.60 Å². The highest BCUT2D eigenvalue weighted by atomic mass is 16.6. The number of ether oxygens (including phenoxy) is 1. The molecule has 4 bridgehead atoms. The number of rotatable bonds is 3. The Bertz CT molecular complexity index is 349. The van der Waals surface area contributed by atoms with E-state index in [1.165, 1.54) is 6.42 Å². The van der Waals surface area contributed by atoms with Crippen molar-refractivity contribution in [3.8, 4) is 0 Å². The quantitative estimate of drug-likeness (QED) is 0.785. The molecule has 0 heterocycles. The second-order valence-electron chi connectivity index (χ2n) is 7.10. The number of hydrogen-bond acceptors (Lipinski definition) is 3. The van der Waals surface area contributed by atoms with Gasteiger partial charge in [0.25, 0.3) is 0 Å². The molecule has 3 unspecified atom stereocenters. The van der Waals surface area contributed by atoms with E-state index in [2.05, 4.69) is 0 Å². The number of esters is 1. The minimum atomic E-state index is -0.542. The van der Waals surface area contributed by atoms with Crippen molar-refractivity contribution in [2.75, 3.05) is 0 Å². The van der Waals surface area contributed by atoms with Crippen LogP contribution in [0.15, 0.2) is 0 Å². The molecule has 4 aliphatic rings. The fourth-order valence-corrected chi connectivity index (χ4v) is 4.73. The molecular formula is C15H24O3. The highest BCUT2D eigenvalue weighted by Gasteiger charge is 2.59. The Kier molecular flexibility index (Phi) is 2.74. The summed E-state index contributed by atoms with van der Waals surface area (Å²) in [5.74, 6) is 1.05. The Morgan fingerprint density at radius 1 is 1.33 bits per heavy atom. The van der Waals surface area contributed by atoms with Crippen LogP contribution in [0.1, 0.15) is 58.8 Å². The fraction of sp³-hybridized carbons (Fsp3) is 0.933. The number of hydrogen-bond donors (Lipinski definition) is 1. The summed E-state index contributed by atoms with van der Waals surface area (Å²) in [5.41, 5.74) is -0.876. The predicted octanol–water partition coefficient (Wildman–Crippen LogP) is 2.66. The van der Waals surface area contributed by atoms with Crippen molar-refractivity contribution in [1.82, 2.24) is 0 Å². The van der Waals surface area contributed by atoms with E-state index < -0.39 is 5.60 Å². The van der Waals surface area contributed by atoms with Crippen molar-refractivity contribution in [2.24, 2.45) is 17.8 Å². The van der Waals surface area contributed by atoms with Gasteiger partial charge in [-0.05, 0) is 50.4 Å². The fourth-order valence-electron chi connectivity index (χ4n) is 4.73. The molecule has 0 amide bonds. The zero-order chi connectivity index (χ0) is 13.0. The third-order valence-electron chi connectivity index (χ3n) is 5.31. The molecule has 4 rings (SSSR count). The Balaban J connectivity index is 1.77. The minimum Gasteiger partial charge on any atom is -0.459 e. The Labute approximate surface area is 109 Å². The molecule has 1 N–H and O–H groups in total. The van der Waals surface area contributed by atoms with Crippen LogP contribution in [0.2, 0.25) is 0 Å². The second kappa shape index (κ2) is 3.96. The minimum absolute atomic E-state index is 0.0207. The molecule has 0 spiro atoms. The van der Waals surface area contributed by atoms with Gasteiger partial charge in [0.15, 0.2) is 0 Å². The van der Waals surface area contributed by atoms with Crippen molar-refractivity contribution < 1.29 is 14.6 Å². The second-order valence-corrected chi connectivity index (χ2v) is 7.10.